The third-order valence-corrected chi connectivity index (χ3v) is 2.75. The minimum atomic E-state index is 0.298. The average molecular weight is 262 g/mol. The number of hydrogen-bond acceptors (Lipinski definition) is 4. The first kappa shape index (κ1) is 12.5. The fourth-order valence-electron chi connectivity index (χ4n) is 1.64. The van der Waals surface area contributed by atoms with Crippen LogP contribution in [-0.4, -0.2) is 19.7 Å². The highest BCUT2D eigenvalue weighted by atomic mass is 35.5. The molecule has 0 radical (unpaired) electrons. The zero-order valence-corrected chi connectivity index (χ0v) is 10.9. The normalized spacial score (nSPS) is 10.6. The monoisotopic (exact) mass is 261 g/mol. The maximum absolute atomic E-state index is 9.15. The van der Waals surface area contributed by atoms with E-state index >= 15 is 0 Å². The summed E-state index contributed by atoms with van der Waals surface area (Å²) in [4.78, 5) is 7.91. The third kappa shape index (κ3) is 2.34. The Morgan fingerprint density at radius 1 is 1.50 bits per heavy atom. The molecule has 0 N–H and O–H groups in total. The minimum absolute atomic E-state index is 0.298. The summed E-state index contributed by atoms with van der Waals surface area (Å²) in [5.41, 5.74) is 1.13. The van der Waals surface area contributed by atoms with E-state index in [1.807, 2.05) is 0 Å². The highest BCUT2D eigenvalue weighted by molar-refractivity contribution is 6.31. The second-order valence-corrected chi connectivity index (χ2v) is 4.66. The molecule has 0 fully saturated rings. The number of nitrogens with zero attached hydrogens (tertiary/aromatic N) is 5. The van der Waals surface area contributed by atoms with Crippen LogP contribution in [0.15, 0.2) is 18.6 Å². The fraction of sp³-hybridized carbons (Fsp3) is 0.333. The molecule has 0 aliphatic rings. The van der Waals surface area contributed by atoms with Crippen molar-refractivity contribution < 1.29 is 0 Å². The highest BCUT2D eigenvalue weighted by Crippen LogP contribution is 2.23. The topological polar surface area (TPSA) is 67.4 Å². The highest BCUT2D eigenvalue weighted by Gasteiger charge is 2.18. The molecular weight excluding hydrogens is 250 g/mol. The van der Waals surface area contributed by atoms with Crippen LogP contribution in [0, 0.1) is 17.2 Å². The Morgan fingerprint density at radius 2 is 2.28 bits per heavy atom. The van der Waals surface area contributed by atoms with Crippen LogP contribution in [0.5, 0.6) is 0 Å². The van der Waals surface area contributed by atoms with Gasteiger partial charge in [-0.2, -0.15) is 10.4 Å². The first-order valence-electron chi connectivity index (χ1n) is 5.57. The van der Waals surface area contributed by atoms with Gasteiger partial charge in [0.05, 0.1) is 5.69 Å². The molecule has 2 heterocycles. The van der Waals surface area contributed by atoms with Crippen LogP contribution in [-0.2, 0) is 6.42 Å². The van der Waals surface area contributed by atoms with Gasteiger partial charge in [-0.3, -0.25) is 0 Å². The molecule has 0 atom stereocenters. The van der Waals surface area contributed by atoms with Gasteiger partial charge in [0.25, 0.3) is 0 Å². The van der Waals surface area contributed by atoms with E-state index in [9.17, 15) is 0 Å². The molecule has 0 unspecified atom stereocenters. The first-order chi connectivity index (χ1) is 8.63. The molecule has 92 valence electrons. The molecule has 0 spiro atoms. The summed E-state index contributed by atoms with van der Waals surface area (Å²) in [6.07, 6.45) is 3.73. The van der Waals surface area contributed by atoms with Gasteiger partial charge in [-0.25, -0.2) is 14.6 Å². The second-order valence-electron chi connectivity index (χ2n) is 4.30. The Kier molecular flexibility index (Phi) is 3.58. The molecule has 0 aromatic carbocycles. The standard InChI is InChI=1S/C12H12ClN5/c1-8(2)5-10-9(6-14)12(13)18(17-10)11-3-4-15-7-16-11/h3-4,7-8H,5H2,1-2H3. The summed E-state index contributed by atoms with van der Waals surface area (Å²) in [5, 5.41) is 13.8. The van der Waals surface area contributed by atoms with Gasteiger partial charge in [0.15, 0.2) is 11.0 Å². The van der Waals surface area contributed by atoms with Gasteiger partial charge >= 0.3 is 0 Å². The Hall–Kier alpha value is -1.93. The molecule has 2 aromatic rings. The summed E-state index contributed by atoms with van der Waals surface area (Å²) in [6, 6.07) is 3.79. The lowest BCUT2D eigenvalue weighted by Gasteiger charge is -2.01. The van der Waals surface area contributed by atoms with E-state index in [1.54, 1.807) is 12.3 Å². The van der Waals surface area contributed by atoms with E-state index in [4.69, 9.17) is 16.9 Å². The molecule has 0 saturated heterocycles. The molecule has 0 amide bonds. The molecule has 0 aliphatic heterocycles. The van der Waals surface area contributed by atoms with Crippen LogP contribution >= 0.6 is 11.6 Å². The number of aromatic nitrogens is 4. The smallest absolute Gasteiger partial charge is 0.158 e. The van der Waals surface area contributed by atoms with Crippen LogP contribution in [0.1, 0.15) is 25.1 Å². The second kappa shape index (κ2) is 5.15. The maximum atomic E-state index is 9.15. The van der Waals surface area contributed by atoms with Crippen molar-refractivity contribution in [1.29, 1.82) is 5.26 Å². The molecule has 0 bridgehead atoms. The number of halogens is 1. The van der Waals surface area contributed by atoms with Crippen molar-refractivity contribution in [2.24, 2.45) is 5.92 Å². The van der Waals surface area contributed by atoms with E-state index in [0.717, 1.165) is 0 Å². The fourth-order valence-corrected chi connectivity index (χ4v) is 1.92. The zero-order valence-electron chi connectivity index (χ0n) is 10.1. The molecule has 0 aliphatic carbocycles. The van der Waals surface area contributed by atoms with Gasteiger partial charge in [0.1, 0.15) is 18.0 Å². The zero-order chi connectivity index (χ0) is 13.1. The van der Waals surface area contributed by atoms with Gasteiger partial charge in [0, 0.05) is 12.3 Å². The third-order valence-electron chi connectivity index (χ3n) is 2.40. The van der Waals surface area contributed by atoms with E-state index in [2.05, 4.69) is 35.0 Å². The number of nitriles is 1. The Balaban J connectivity index is 2.51. The summed E-state index contributed by atoms with van der Waals surface area (Å²) in [6.45, 7) is 4.14. The minimum Gasteiger partial charge on any atom is -0.245 e. The van der Waals surface area contributed by atoms with Crippen molar-refractivity contribution in [1.82, 2.24) is 19.7 Å². The van der Waals surface area contributed by atoms with Crippen molar-refractivity contribution in [2.45, 2.75) is 20.3 Å². The number of rotatable bonds is 3. The molecule has 18 heavy (non-hydrogen) atoms. The lowest BCUT2D eigenvalue weighted by Crippen LogP contribution is -2.01. The Morgan fingerprint density at radius 3 is 2.83 bits per heavy atom. The molecule has 2 aromatic heterocycles. The van der Waals surface area contributed by atoms with Crippen LogP contribution in [0.3, 0.4) is 0 Å². The predicted octanol–water partition coefficient (Wildman–Crippen LogP) is 2.39. The van der Waals surface area contributed by atoms with Crippen LogP contribution in [0.25, 0.3) is 5.82 Å². The van der Waals surface area contributed by atoms with E-state index < -0.39 is 0 Å². The maximum Gasteiger partial charge on any atom is 0.158 e. The lowest BCUT2D eigenvalue weighted by atomic mass is 10.1. The van der Waals surface area contributed by atoms with Gasteiger partial charge in [-0.05, 0) is 12.3 Å². The number of hydrogen-bond donors (Lipinski definition) is 0. The Labute approximate surface area is 110 Å². The summed E-state index contributed by atoms with van der Waals surface area (Å²) in [5.74, 6) is 0.962. The Bertz CT molecular complexity index is 583. The van der Waals surface area contributed by atoms with E-state index in [-0.39, 0.29) is 0 Å². The van der Waals surface area contributed by atoms with Crippen LogP contribution in [0.2, 0.25) is 5.15 Å². The van der Waals surface area contributed by atoms with Gasteiger partial charge in [0.2, 0.25) is 0 Å². The summed E-state index contributed by atoms with van der Waals surface area (Å²) >= 11 is 6.17. The molecule has 2 rings (SSSR count). The quantitative estimate of drug-likeness (QED) is 0.851. The van der Waals surface area contributed by atoms with Crippen molar-refractivity contribution >= 4 is 11.6 Å². The molecule has 0 saturated carbocycles. The average Bonchev–Trinajstić information content (AvgIpc) is 2.66. The predicted molar refractivity (Wildman–Crippen MR) is 67.4 cm³/mol. The molecule has 5 nitrogen and oxygen atoms in total. The molecule has 6 heteroatoms. The lowest BCUT2D eigenvalue weighted by molar-refractivity contribution is 0.626. The van der Waals surface area contributed by atoms with Crippen molar-refractivity contribution in [3.63, 3.8) is 0 Å². The van der Waals surface area contributed by atoms with Crippen molar-refractivity contribution in [2.75, 3.05) is 0 Å². The van der Waals surface area contributed by atoms with Gasteiger partial charge < -0.3 is 0 Å². The van der Waals surface area contributed by atoms with Gasteiger partial charge in [-0.15, -0.1) is 0 Å². The summed E-state index contributed by atoms with van der Waals surface area (Å²) in [7, 11) is 0. The largest absolute Gasteiger partial charge is 0.245 e. The van der Waals surface area contributed by atoms with Crippen molar-refractivity contribution in [3.05, 3.63) is 35.0 Å². The van der Waals surface area contributed by atoms with Crippen LogP contribution in [0.4, 0.5) is 0 Å². The SMILES string of the molecule is CC(C)Cc1nn(-c2ccncn2)c(Cl)c1C#N. The molecular formula is C12H12ClN5. The summed E-state index contributed by atoms with van der Waals surface area (Å²) < 4.78 is 1.47. The first-order valence-corrected chi connectivity index (χ1v) is 5.95. The van der Waals surface area contributed by atoms with E-state index in [0.29, 0.717) is 34.6 Å². The van der Waals surface area contributed by atoms with Crippen LogP contribution < -0.4 is 0 Å². The van der Waals surface area contributed by atoms with E-state index in [1.165, 1.54) is 11.0 Å². The van der Waals surface area contributed by atoms with Gasteiger partial charge in [-0.1, -0.05) is 25.4 Å². The van der Waals surface area contributed by atoms with Crippen molar-refractivity contribution in [3.8, 4) is 11.9 Å².